The van der Waals surface area contributed by atoms with E-state index in [0.717, 1.165) is 38.4 Å². The van der Waals surface area contributed by atoms with Gasteiger partial charge in [-0.25, -0.2) is 19.9 Å². The molecule has 0 spiro atoms. The number of para-hydroxylation sites is 1. The number of hydrogen-bond donors (Lipinski definition) is 0. The lowest BCUT2D eigenvalue weighted by atomic mass is 10.1. The Balaban J connectivity index is 1.03. The minimum atomic E-state index is 0.496. The standard InChI is InChI=1S/C46H30N6O4/c1-2-14-41-31(9-1)21-24-51(41)32-29-49-46(50-30-32)52-42-27-37(53-33-10-7-12-35(25-33)55-44-15-3-5-22-47-44)17-19-39(42)40-20-18-38(28-43(40)52)54-34-11-8-13-36(26-34)56-45-16-4-6-23-48-45/h1-30H. The molecular formula is C46H30N6O4. The van der Waals surface area contributed by atoms with Crippen LogP contribution in [0.2, 0.25) is 0 Å². The van der Waals surface area contributed by atoms with Crippen molar-refractivity contribution in [2.75, 3.05) is 0 Å². The molecule has 0 radical (unpaired) electrons. The summed E-state index contributed by atoms with van der Waals surface area (Å²) in [5.74, 6) is 5.22. The van der Waals surface area contributed by atoms with E-state index in [1.165, 1.54) is 0 Å². The molecule has 10 nitrogen and oxygen atoms in total. The molecule has 0 bridgehead atoms. The summed E-state index contributed by atoms with van der Waals surface area (Å²) in [5.41, 5.74) is 3.65. The molecule has 10 rings (SSSR count). The van der Waals surface area contributed by atoms with Gasteiger partial charge in [0.05, 0.1) is 34.6 Å². The molecule has 5 heterocycles. The number of rotatable bonds is 10. The molecule has 0 saturated carbocycles. The molecular weight excluding hydrogens is 701 g/mol. The van der Waals surface area contributed by atoms with Crippen molar-refractivity contribution in [2.24, 2.45) is 0 Å². The molecule has 0 aliphatic rings. The summed E-state index contributed by atoms with van der Waals surface area (Å²) < 4.78 is 28.9. The van der Waals surface area contributed by atoms with Crippen molar-refractivity contribution in [3.05, 3.63) is 183 Å². The lowest BCUT2D eigenvalue weighted by Crippen LogP contribution is -2.03. The second-order valence-corrected chi connectivity index (χ2v) is 12.9. The fourth-order valence-electron chi connectivity index (χ4n) is 6.71. The van der Waals surface area contributed by atoms with Crippen molar-refractivity contribution in [3.63, 3.8) is 0 Å². The lowest BCUT2D eigenvalue weighted by molar-refractivity contribution is 0.448. The summed E-state index contributed by atoms with van der Waals surface area (Å²) in [5, 5.41) is 3.14. The van der Waals surface area contributed by atoms with Gasteiger partial charge < -0.3 is 23.5 Å². The van der Waals surface area contributed by atoms with Crippen LogP contribution in [0.5, 0.6) is 46.3 Å². The Labute approximate surface area is 320 Å². The largest absolute Gasteiger partial charge is 0.457 e. The highest BCUT2D eigenvalue weighted by Crippen LogP contribution is 2.38. The number of pyridine rings is 2. The highest BCUT2D eigenvalue weighted by atomic mass is 16.5. The number of benzene rings is 5. The van der Waals surface area contributed by atoms with Crippen molar-refractivity contribution in [1.29, 1.82) is 0 Å². The Bertz CT molecular complexity index is 2840. The van der Waals surface area contributed by atoms with Gasteiger partial charge in [-0.1, -0.05) is 42.5 Å². The van der Waals surface area contributed by atoms with Gasteiger partial charge >= 0.3 is 0 Å². The molecule has 5 aromatic heterocycles. The maximum Gasteiger partial charge on any atom is 0.234 e. The van der Waals surface area contributed by atoms with E-state index in [-0.39, 0.29) is 0 Å². The highest BCUT2D eigenvalue weighted by molar-refractivity contribution is 6.09. The van der Waals surface area contributed by atoms with E-state index in [1.807, 2.05) is 132 Å². The third-order valence-electron chi connectivity index (χ3n) is 9.22. The van der Waals surface area contributed by atoms with Crippen LogP contribution < -0.4 is 18.9 Å². The molecule has 10 aromatic rings. The second-order valence-electron chi connectivity index (χ2n) is 12.9. The van der Waals surface area contributed by atoms with E-state index >= 15 is 0 Å². The maximum atomic E-state index is 6.42. The zero-order valence-electron chi connectivity index (χ0n) is 29.6. The Kier molecular flexibility index (Phi) is 8.23. The molecule has 0 atom stereocenters. The maximum absolute atomic E-state index is 6.42. The minimum absolute atomic E-state index is 0.496. The van der Waals surface area contributed by atoms with Crippen LogP contribution in [0.15, 0.2) is 183 Å². The van der Waals surface area contributed by atoms with E-state index in [1.54, 1.807) is 24.5 Å². The molecule has 10 heteroatoms. The van der Waals surface area contributed by atoms with Crippen LogP contribution in [-0.4, -0.2) is 29.1 Å². The van der Waals surface area contributed by atoms with Gasteiger partial charge in [-0.2, -0.15) is 0 Å². The quantitative estimate of drug-likeness (QED) is 0.137. The van der Waals surface area contributed by atoms with Crippen molar-refractivity contribution in [3.8, 4) is 57.9 Å². The summed E-state index contributed by atoms with van der Waals surface area (Å²) in [6.07, 6.45) is 9.09. The monoisotopic (exact) mass is 730 g/mol. The smallest absolute Gasteiger partial charge is 0.234 e. The summed E-state index contributed by atoms with van der Waals surface area (Å²) in [7, 11) is 0. The van der Waals surface area contributed by atoms with E-state index in [9.17, 15) is 0 Å². The third kappa shape index (κ3) is 6.48. The average molecular weight is 731 g/mol. The summed E-state index contributed by atoms with van der Waals surface area (Å²) in [6, 6.07) is 48.3. The van der Waals surface area contributed by atoms with Crippen molar-refractivity contribution in [1.82, 2.24) is 29.1 Å². The van der Waals surface area contributed by atoms with Crippen LogP contribution in [-0.2, 0) is 0 Å². The number of nitrogens with zero attached hydrogens (tertiary/aromatic N) is 6. The van der Waals surface area contributed by atoms with Gasteiger partial charge in [-0.15, -0.1) is 0 Å². The fraction of sp³-hybridized carbons (Fsp3) is 0. The zero-order valence-corrected chi connectivity index (χ0v) is 29.6. The van der Waals surface area contributed by atoms with Crippen molar-refractivity contribution < 1.29 is 18.9 Å². The lowest BCUT2D eigenvalue weighted by Gasteiger charge is -2.11. The molecule has 0 amide bonds. The second kappa shape index (κ2) is 14.1. The predicted octanol–water partition coefficient (Wildman–Crippen LogP) is 11.5. The zero-order chi connectivity index (χ0) is 37.3. The molecule has 0 saturated heterocycles. The summed E-state index contributed by atoms with van der Waals surface area (Å²) in [4.78, 5) is 18.4. The highest BCUT2D eigenvalue weighted by Gasteiger charge is 2.17. The van der Waals surface area contributed by atoms with E-state index in [0.29, 0.717) is 52.2 Å². The van der Waals surface area contributed by atoms with Gasteiger partial charge in [0.2, 0.25) is 17.7 Å². The Morgan fingerprint density at radius 3 is 1.46 bits per heavy atom. The fourth-order valence-corrected chi connectivity index (χ4v) is 6.71. The molecule has 0 aliphatic carbocycles. The van der Waals surface area contributed by atoms with E-state index in [4.69, 9.17) is 28.9 Å². The van der Waals surface area contributed by atoms with Crippen LogP contribution in [0.4, 0.5) is 0 Å². The number of ether oxygens (including phenoxy) is 4. The molecule has 268 valence electrons. The van der Waals surface area contributed by atoms with E-state index in [2.05, 4.69) is 44.9 Å². The average Bonchev–Trinajstić information content (AvgIpc) is 3.81. The minimum Gasteiger partial charge on any atom is -0.457 e. The topological polar surface area (TPSA) is 98.3 Å². The van der Waals surface area contributed by atoms with Crippen molar-refractivity contribution in [2.45, 2.75) is 0 Å². The number of fused-ring (bicyclic) bond motifs is 4. The number of hydrogen-bond acceptors (Lipinski definition) is 8. The van der Waals surface area contributed by atoms with Gasteiger partial charge in [0, 0.05) is 65.8 Å². The first kappa shape index (κ1) is 32.7. The summed E-state index contributed by atoms with van der Waals surface area (Å²) in [6.45, 7) is 0. The normalized spacial score (nSPS) is 11.2. The van der Waals surface area contributed by atoms with Crippen LogP contribution in [0.1, 0.15) is 0 Å². The Morgan fingerprint density at radius 2 is 0.911 bits per heavy atom. The van der Waals surface area contributed by atoms with Gasteiger partial charge in [0.15, 0.2) is 0 Å². The van der Waals surface area contributed by atoms with Gasteiger partial charge in [0.25, 0.3) is 0 Å². The van der Waals surface area contributed by atoms with Crippen LogP contribution in [0, 0.1) is 0 Å². The van der Waals surface area contributed by atoms with Crippen molar-refractivity contribution >= 4 is 32.7 Å². The predicted molar refractivity (Wildman–Crippen MR) is 215 cm³/mol. The number of aromatic nitrogens is 6. The van der Waals surface area contributed by atoms with Crippen LogP contribution >= 0.6 is 0 Å². The molecule has 0 fully saturated rings. The van der Waals surface area contributed by atoms with Gasteiger partial charge in [0.1, 0.15) is 34.5 Å². The van der Waals surface area contributed by atoms with E-state index < -0.39 is 0 Å². The third-order valence-corrected chi connectivity index (χ3v) is 9.22. The van der Waals surface area contributed by atoms with Gasteiger partial charge in [-0.3, -0.25) is 4.57 Å². The molecule has 0 unspecified atom stereocenters. The summed E-state index contributed by atoms with van der Waals surface area (Å²) >= 11 is 0. The molecule has 56 heavy (non-hydrogen) atoms. The molecule has 0 N–H and O–H groups in total. The van der Waals surface area contributed by atoms with Crippen LogP contribution in [0.3, 0.4) is 0 Å². The SMILES string of the molecule is c1ccc(Oc2cccc(Oc3ccc4c5ccc(Oc6cccc(Oc7ccccn7)c6)cc5n(-c5ncc(-n6ccc7ccccc76)cn5)c4c3)c2)nc1. The molecule has 5 aromatic carbocycles. The molecule has 0 aliphatic heterocycles. The first-order valence-corrected chi connectivity index (χ1v) is 17.9. The Morgan fingerprint density at radius 1 is 0.393 bits per heavy atom. The van der Waals surface area contributed by atoms with Crippen LogP contribution in [0.25, 0.3) is 44.3 Å². The Hall–Kier alpha value is -7.98. The van der Waals surface area contributed by atoms with Gasteiger partial charge in [-0.05, 0) is 78.2 Å². The first-order valence-electron chi connectivity index (χ1n) is 17.9. The first-order chi connectivity index (χ1) is 27.7.